The van der Waals surface area contributed by atoms with Crippen molar-refractivity contribution in [2.24, 2.45) is 0 Å². The first-order valence-corrected chi connectivity index (χ1v) is 3.66. The van der Waals surface area contributed by atoms with Crippen LogP contribution in [0.3, 0.4) is 0 Å². The van der Waals surface area contributed by atoms with E-state index >= 15 is 0 Å². The fourth-order valence-electron chi connectivity index (χ4n) is 0. The van der Waals surface area contributed by atoms with Crippen LogP contribution in [0.2, 0.25) is 0 Å². The van der Waals surface area contributed by atoms with Gasteiger partial charge in [-0.25, -0.2) is 0 Å². The molecule has 1 heteroatoms. The van der Waals surface area contributed by atoms with Gasteiger partial charge >= 0.3 is 0 Å². The average Bonchev–Trinajstić information content (AvgIpc) is 1.37. The molecular weight excluding hydrogens is 163 g/mol. The van der Waals surface area contributed by atoms with Crippen molar-refractivity contribution in [3.63, 3.8) is 0 Å². The molecular formula is C3H5I. The van der Waals surface area contributed by atoms with Crippen molar-refractivity contribution in [2.45, 2.75) is 0 Å². The van der Waals surface area contributed by atoms with Crippen LogP contribution in [0.25, 0.3) is 0 Å². The lowest BCUT2D eigenvalue weighted by Crippen LogP contribution is -1.04. The highest BCUT2D eigenvalue weighted by atomic mass is 127. The predicted molar refractivity (Wildman–Crippen MR) is 31.3 cm³/mol. The molecule has 0 bridgehead atoms. The van der Waals surface area contributed by atoms with Gasteiger partial charge in [0, 0.05) is 0 Å². The van der Waals surface area contributed by atoms with Crippen molar-refractivity contribution in [1.82, 2.24) is 0 Å². The van der Waals surface area contributed by atoms with E-state index in [2.05, 4.69) is 11.1 Å². The van der Waals surface area contributed by atoms with Crippen LogP contribution in [0.5, 0.6) is 0 Å². The Morgan fingerprint density at radius 1 is 1.75 bits per heavy atom. The summed E-state index contributed by atoms with van der Waals surface area (Å²) in [5.74, 6) is 0. The van der Waals surface area contributed by atoms with E-state index < -0.39 is 0 Å². The van der Waals surface area contributed by atoms with Gasteiger partial charge < -0.3 is 0 Å². The van der Waals surface area contributed by atoms with E-state index in [1.54, 1.807) is 0 Å². The average molecular weight is 168 g/mol. The maximum Gasteiger partial charge on any atom is -0.0364 e. The highest BCUT2D eigenvalue weighted by Crippen LogP contribution is 1.84. The zero-order valence-corrected chi connectivity index (χ0v) is 4.53. The Hall–Kier alpha value is 0.340. The smallest absolute Gasteiger partial charge is 0.0364 e. The Kier molecular flexibility index (Phi) is 3.62. The van der Waals surface area contributed by atoms with Gasteiger partial charge in [0.2, 0.25) is 0 Å². The molecule has 0 saturated carbocycles. The van der Waals surface area contributed by atoms with E-state index in [4.69, 9.17) is 0 Å². The molecule has 0 N–H and O–H groups in total. The molecule has 0 saturated heterocycles. The summed E-state index contributed by atoms with van der Waals surface area (Å²) in [5.41, 5.74) is 0. The van der Waals surface area contributed by atoms with Crippen LogP contribution in [0.15, 0.2) is 10.7 Å². The zero-order valence-electron chi connectivity index (χ0n) is 2.37. The summed E-state index contributed by atoms with van der Waals surface area (Å²) in [6.45, 7) is 3.47. The lowest BCUT2D eigenvalue weighted by atomic mass is 11.3. The van der Waals surface area contributed by atoms with Gasteiger partial charge in [-0.15, -0.1) is 20.7 Å². The van der Waals surface area contributed by atoms with E-state index in [9.17, 15) is 0 Å². The molecule has 0 spiro atoms. The summed E-state index contributed by atoms with van der Waals surface area (Å²) >= 11 is 0.124. The molecule has 0 unspecified atom stereocenters. The second-order valence-corrected chi connectivity index (χ2v) is 2.07. The van der Waals surface area contributed by atoms with Gasteiger partial charge in [-0.2, -0.15) is 0 Å². The molecule has 0 rings (SSSR count). The van der Waals surface area contributed by atoms with Crippen LogP contribution in [-0.2, 0) is 0 Å². The van der Waals surface area contributed by atoms with Crippen molar-refractivity contribution in [3.05, 3.63) is 10.7 Å². The fraction of sp³-hybridized carbons (Fsp3) is 0. The molecule has 0 radical (unpaired) electrons. The minimum atomic E-state index is 0.124. The van der Waals surface area contributed by atoms with Crippen LogP contribution in [0, 0.1) is 0 Å². The second-order valence-electron chi connectivity index (χ2n) is 0.309. The van der Waals surface area contributed by atoms with Crippen molar-refractivity contribution >= 4 is 25.2 Å². The van der Waals surface area contributed by atoms with Gasteiger partial charge in [0.1, 0.15) is 0 Å². The highest BCUT2D eigenvalue weighted by Gasteiger charge is 1.30. The third-order valence-corrected chi connectivity index (χ3v) is 0.732. The Balaban J connectivity index is 2.73. The lowest BCUT2D eigenvalue weighted by Gasteiger charge is -1.44. The lowest BCUT2D eigenvalue weighted by molar-refractivity contribution is 2.76. The first kappa shape index (κ1) is 4.34. The number of rotatable bonds is 1. The van der Waals surface area contributed by atoms with E-state index in [0.29, 0.717) is 0 Å². The number of hydrogen-bond donors (Lipinski definition) is 0. The summed E-state index contributed by atoms with van der Waals surface area (Å²) in [7, 11) is 0. The van der Waals surface area contributed by atoms with Crippen LogP contribution in [0.1, 0.15) is 0 Å². The molecule has 0 aliphatic carbocycles. The molecule has 0 aromatic heterocycles. The summed E-state index contributed by atoms with van der Waals surface area (Å²) in [6, 6.07) is 0. The standard InChI is InChI=1S/C3H5I/c1-3-4-2/h3H,1-2H2. The molecule has 0 aliphatic rings. The van der Waals surface area contributed by atoms with E-state index in [0.717, 1.165) is 0 Å². The minimum absolute atomic E-state index is 0.124. The Labute approximate surface area is 36.3 Å². The molecule has 0 fully saturated rings. The summed E-state index contributed by atoms with van der Waals surface area (Å²) < 4.78 is 5.47. The third-order valence-electron chi connectivity index (χ3n) is 0.109. The van der Waals surface area contributed by atoms with Crippen molar-refractivity contribution < 1.29 is 0 Å². The van der Waals surface area contributed by atoms with E-state index in [-0.39, 0.29) is 20.7 Å². The topological polar surface area (TPSA) is 0 Å². The van der Waals surface area contributed by atoms with Gasteiger partial charge in [0.15, 0.2) is 0 Å². The first-order valence-electron chi connectivity index (χ1n) is 0.894. The summed E-state index contributed by atoms with van der Waals surface area (Å²) in [5, 5.41) is 0. The first-order chi connectivity index (χ1) is 1.91. The predicted octanol–water partition coefficient (Wildman–Crippen LogP) is 1.53. The number of hydrogen-bond acceptors (Lipinski definition) is 0. The molecule has 0 amide bonds. The van der Waals surface area contributed by atoms with Crippen molar-refractivity contribution in [3.8, 4) is 0 Å². The third kappa shape index (κ3) is 2.34. The van der Waals surface area contributed by atoms with Crippen LogP contribution < -0.4 is 0 Å². The highest BCUT2D eigenvalue weighted by molar-refractivity contribution is 14.2. The number of halogens is 1. The van der Waals surface area contributed by atoms with Gasteiger partial charge in [-0.05, 0) is 4.08 Å². The second kappa shape index (κ2) is 3.34. The molecule has 4 heavy (non-hydrogen) atoms. The van der Waals surface area contributed by atoms with Crippen LogP contribution in [0.4, 0.5) is 0 Å². The molecule has 0 aromatic carbocycles. The normalized spacial score (nSPS) is 6.00. The Morgan fingerprint density at radius 2 is 2.00 bits per heavy atom. The molecule has 0 aromatic rings. The quantitative estimate of drug-likeness (QED) is 0.521. The summed E-state index contributed by atoms with van der Waals surface area (Å²) in [4.78, 5) is 0. The maximum absolute atomic E-state index is 3.60. The fourth-order valence-corrected chi connectivity index (χ4v) is 0. The van der Waals surface area contributed by atoms with Gasteiger partial charge in [0.05, 0.1) is 0 Å². The van der Waals surface area contributed by atoms with Gasteiger partial charge in [-0.3, -0.25) is 0 Å². The van der Waals surface area contributed by atoms with Gasteiger partial charge in [-0.1, -0.05) is 11.1 Å². The molecule has 0 heterocycles. The minimum Gasteiger partial charge on any atom is -0.102 e. The maximum atomic E-state index is 3.60. The molecule has 0 atom stereocenters. The van der Waals surface area contributed by atoms with Crippen molar-refractivity contribution in [1.29, 1.82) is 0 Å². The Morgan fingerprint density at radius 3 is 2.00 bits per heavy atom. The van der Waals surface area contributed by atoms with E-state index in [1.165, 1.54) is 0 Å². The van der Waals surface area contributed by atoms with Crippen LogP contribution >= 0.6 is 20.7 Å². The van der Waals surface area contributed by atoms with Crippen molar-refractivity contribution in [2.75, 3.05) is 0 Å². The molecule has 0 aliphatic heterocycles. The zero-order chi connectivity index (χ0) is 3.41. The summed E-state index contributed by atoms with van der Waals surface area (Å²) in [6.07, 6.45) is 0. The van der Waals surface area contributed by atoms with Crippen LogP contribution in [-0.4, -0.2) is 4.51 Å². The van der Waals surface area contributed by atoms with E-state index in [1.807, 2.05) is 4.08 Å². The Bertz CT molecular complexity index is 24.3. The molecule has 24 valence electrons. The SMILES string of the molecule is C=CI=C. The monoisotopic (exact) mass is 168 g/mol. The largest absolute Gasteiger partial charge is 0.102 e. The molecule has 0 nitrogen and oxygen atoms in total. The van der Waals surface area contributed by atoms with Gasteiger partial charge in [0.25, 0.3) is 0 Å².